The molecule has 2 aromatic carbocycles. The molecule has 0 aliphatic carbocycles. The molecule has 1 atom stereocenters. The molecule has 0 aliphatic heterocycles. The van der Waals surface area contributed by atoms with Crippen molar-refractivity contribution in [2.24, 2.45) is 0 Å². The number of carboxylic acid groups (broad SMARTS) is 1. The summed E-state index contributed by atoms with van der Waals surface area (Å²) in [5.74, 6) is 0.686. The van der Waals surface area contributed by atoms with E-state index in [9.17, 15) is 4.79 Å². The fraction of sp³-hybridized carbons (Fsp3) is 0.304. The molecule has 1 aromatic heterocycles. The summed E-state index contributed by atoms with van der Waals surface area (Å²) in [6, 6.07) is 13.2. The Bertz CT molecular complexity index is 1010. The average Bonchev–Trinajstić information content (AvgIpc) is 2.69. The molecule has 0 unspecified atom stereocenters. The summed E-state index contributed by atoms with van der Waals surface area (Å²) >= 11 is 6.23. The van der Waals surface area contributed by atoms with E-state index < -0.39 is 5.97 Å². The number of carboxylic acids is 1. The van der Waals surface area contributed by atoms with Crippen LogP contribution in [0, 0.1) is 6.92 Å². The van der Waals surface area contributed by atoms with Crippen molar-refractivity contribution < 1.29 is 19.4 Å². The van der Waals surface area contributed by atoms with Gasteiger partial charge in [-0.3, -0.25) is 9.78 Å². The maximum absolute atomic E-state index is 10.7. The smallest absolute Gasteiger partial charge is 0.303 e. The topological polar surface area (TPSA) is 68.7 Å². The van der Waals surface area contributed by atoms with E-state index in [4.69, 9.17) is 26.2 Å². The van der Waals surface area contributed by atoms with Gasteiger partial charge in [0.2, 0.25) is 0 Å². The zero-order chi connectivity index (χ0) is 20.8. The molecule has 0 bridgehead atoms. The SMILES string of the molecule is Cc1cc(OCC[C@@H](C)Oc2ccc(Cl)c3cccnc23)ccc1CCC(=O)O. The summed E-state index contributed by atoms with van der Waals surface area (Å²) < 4.78 is 11.9. The van der Waals surface area contributed by atoms with Crippen LogP contribution in [0.25, 0.3) is 10.9 Å². The molecule has 0 spiro atoms. The van der Waals surface area contributed by atoms with Gasteiger partial charge in [0.15, 0.2) is 0 Å². The van der Waals surface area contributed by atoms with E-state index in [0.717, 1.165) is 27.8 Å². The molecule has 0 amide bonds. The number of aliphatic carboxylic acids is 1. The number of nitrogens with zero attached hydrogens (tertiary/aromatic N) is 1. The number of ether oxygens (including phenoxy) is 2. The van der Waals surface area contributed by atoms with Crippen LogP contribution in [0.2, 0.25) is 5.02 Å². The van der Waals surface area contributed by atoms with E-state index in [-0.39, 0.29) is 12.5 Å². The highest BCUT2D eigenvalue weighted by Crippen LogP contribution is 2.30. The third kappa shape index (κ3) is 5.61. The maximum atomic E-state index is 10.7. The Hall–Kier alpha value is -2.79. The zero-order valence-corrected chi connectivity index (χ0v) is 17.3. The van der Waals surface area contributed by atoms with E-state index in [0.29, 0.717) is 30.2 Å². The fourth-order valence-corrected chi connectivity index (χ4v) is 3.32. The van der Waals surface area contributed by atoms with Gasteiger partial charge in [0, 0.05) is 24.4 Å². The molecule has 29 heavy (non-hydrogen) atoms. The van der Waals surface area contributed by atoms with Gasteiger partial charge in [-0.05, 0) is 67.8 Å². The number of aryl methyl sites for hydroxylation is 2. The summed E-state index contributed by atoms with van der Waals surface area (Å²) in [5, 5.41) is 10.3. The van der Waals surface area contributed by atoms with Gasteiger partial charge in [0.1, 0.15) is 17.0 Å². The van der Waals surface area contributed by atoms with Crippen LogP contribution in [0.1, 0.15) is 30.9 Å². The number of carbonyl (C=O) groups is 1. The van der Waals surface area contributed by atoms with Gasteiger partial charge in [-0.1, -0.05) is 17.7 Å². The molecule has 0 saturated carbocycles. The average molecular weight is 414 g/mol. The van der Waals surface area contributed by atoms with Crippen molar-refractivity contribution in [2.75, 3.05) is 6.61 Å². The Balaban J connectivity index is 1.54. The molecule has 152 valence electrons. The number of rotatable bonds is 9. The van der Waals surface area contributed by atoms with E-state index in [1.54, 1.807) is 6.20 Å². The summed E-state index contributed by atoms with van der Waals surface area (Å²) in [6.07, 6.45) is 3.02. The molecule has 1 N–H and O–H groups in total. The molecule has 0 fully saturated rings. The number of halogens is 1. The van der Waals surface area contributed by atoms with Crippen LogP contribution in [0.15, 0.2) is 48.7 Å². The van der Waals surface area contributed by atoms with Crippen molar-refractivity contribution in [3.05, 3.63) is 64.8 Å². The first-order valence-corrected chi connectivity index (χ1v) is 9.96. The normalized spacial score (nSPS) is 12.0. The predicted molar refractivity (Wildman–Crippen MR) is 114 cm³/mol. The minimum atomic E-state index is -0.789. The summed E-state index contributed by atoms with van der Waals surface area (Å²) in [7, 11) is 0. The van der Waals surface area contributed by atoms with Gasteiger partial charge in [-0.15, -0.1) is 0 Å². The summed E-state index contributed by atoms with van der Waals surface area (Å²) in [6.45, 7) is 4.47. The fourth-order valence-electron chi connectivity index (χ4n) is 3.11. The van der Waals surface area contributed by atoms with Crippen LogP contribution in [-0.2, 0) is 11.2 Å². The largest absolute Gasteiger partial charge is 0.493 e. The Labute approximate surface area is 175 Å². The quantitative estimate of drug-likeness (QED) is 0.505. The van der Waals surface area contributed by atoms with Gasteiger partial charge >= 0.3 is 5.97 Å². The van der Waals surface area contributed by atoms with Crippen molar-refractivity contribution in [2.45, 2.75) is 39.2 Å². The second kappa shape index (κ2) is 9.61. The van der Waals surface area contributed by atoms with Gasteiger partial charge in [0.25, 0.3) is 0 Å². The summed E-state index contributed by atoms with van der Waals surface area (Å²) in [5.41, 5.74) is 2.81. The lowest BCUT2D eigenvalue weighted by atomic mass is 10.0. The second-order valence-electron chi connectivity index (χ2n) is 6.99. The Morgan fingerprint density at radius 3 is 2.83 bits per heavy atom. The molecule has 3 aromatic rings. The molecule has 6 heteroatoms. The molecule has 0 radical (unpaired) electrons. The van der Waals surface area contributed by atoms with E-state index >= 15 is 0 Å². The van der Waals surface area contributed by atoms with Gasteiger partial charge in [0.05, 0.1) is 17.7 Å². The lowest BCUT2D eigenvalue weighted by Crippen LogP contribution is -2.16. The molecule has 1 heterocycles. The highest BCUT2D eigenvalue weighted by atomic mass is 35.5. The minimum absolute atomic E-state index is 0.0580. The number of aromatic nitrogens is 1. The predicted octanol–water partition coefficient (Wildman–Crippen LogP) is 5.45. The van der Waals surface area contributed by atoms with Crippen molar-refractivity contribution in [1.82, 2.24) is 4.98 Å². The molecular formula is C23H24ClNO4. The Morgan fingerprint density at radius 2 is 2.07 bits per heavy atom. The number of fused-ring (bicyclic) bond motifs is 1. The standard InChI is InChI=1S/C23H24ClNO4/c1-15-14-18(7-5-17(15)6-10-22(26)27)28-13-11-16(2)29-21-9-8-20(24)19-4-3-12-25-23(19)21/h3-5,7-9,12,14,16H,6,10-11,13H2,1-2H3,(H,26,27)/t16-/m1/s1. The van der Waals surface area contributed by atoms with Gasteiger partial charge < -0.3 is 14.6 Å². The number of benzene rings is 2. The third-order valence-corrected chi connectivity index (χ3v) is 5.05. The Kier molecular flexibility index (Phi) is 6.94. The second-order valence-corrected chi connectivity index (χ2v) is 7.40. The van der Waals surface area contributed by atoms with E-state index in [1.807, 2.05) is 56.3 Å². The van der Waals surface area contributed by atoms with Crippen LogP contribution in [-0.4, -0.2) is 28.8 Å². The maximum Gasteiger partial charge on any atom is 0.303 e. The third-order valence-electron chi connectivity index (χ3n) is 4.72. The van der Waals surface area contributed by atoms with E-state index in [1.165, 1.54) is 0 Å². The van der Waals surface area contributed by atoms with Gasteiger partial charge in [-0.2, -0.15) is 0 Å². The molecule has 0 saturated heterocycles. The van der Waals surface area contributed by atoms with Crippen LogP contribution in [0.4, 0.5) is 0 Å². The lowest BCUT2D eigenvalue weighted by Gasteiger charge is -2.17. The Morgan fingerprint density at radius 1 is 1.24 bits per heavy atom. The summed E-state index contributed by atoms with van der Waals surface area (Å²) in [4.78, 5) is 15.1. The highest BCUT2D eigenvalue weighted by molar-refractivity contribution is 6.35. The van der Waals surface area contributed by atoms with Crippen molar-refractivity contribution >= 4 is 28.5 Å². The van der Waals surface area contributed by atoms with Crippen LogP contribution < -0.4 is 9.47 Å². The highest BCUT2D eigenvalue weighted by Gasteiger charge is 2.11. The molecule has 3 rings (SSSR count). The lowest BCUT2D eigenvalue weighted by molar-refractivity contribution is -0.136. The van der Waals surface area contributed by atoms with Crippen LogP contribution in [0.5, 0.6) is 11.5 Å². The zero-order valence-electron chi connectivity index (χ0n) is 16.5. The van der Waals surface area contributed by atoms with Crippen LogP contribution in [0.3, 0.4) is 0 Å². The molecule has 0 aliphatic rings. The first-order chi connectivity index (χ1) is 13.9. The van der Waals surface area contributed by atoms with Crippen LogP contribution >= 0.6 is 11.6 Å². The van der Waals surface area contributed by atoms with E-state index in [2.05, 4.69) is 4.98 Å². The first-order valence-electron chi connectivity index (χ1n) is 9.58. The van der Waals surface area contributed by atoms with Crippen molar-refractivity contribution in [1.29, 1.82) is 0 Å². The van der Waals surface area contributed by atoms with Crippen molar-refractivity contribution in [3.8, 4) is 11.5 Å². The number of hydrogen-bond donors (Lipinski definition) is 1. The van der Waals surface area contributed by atoms with Crippen molar-refractivity contribution in [3.63, 3.8) is 0 Å². The molecular weight excluding hydrogens is 390 g/mol. The minimum Gasteiger partial charge on any atom is -0.493 e. The monoisotopic (exact) mass is 413 g/mol. The number of hydrogen-bond acceptors (Lipinski definition) is 4. The first kappa shape index (κ1) is 20.9. The molecule has 5 nitrogen and oxygen atoms in total. The number of pyridine rings is 1. The van der Waals surface area contributed by atoms with Gasteiger partial charge in [-0.25, -0.2) is 0 Å².